The third kappa shape index (κ3) is 2.95. The van der Waals surface area contributed by atoms with Crippen molar-refractivity contribution in [1.82, 2.24) is 4.98 Å². The van der Waals surface area contributed by atoms with Crippen molar-refractivity contribution < 1.29 is 9.53 Å². The number of ether oxygens (including phenoxy) is 1. The van der Waals surface area contributed by atoms with Gasteiger partial charge in [-0.05, 0) is 19.3 Å². The molecule has 0 saturated heterocycles. The predicted molar refractivity (Wildman–Crippen MR) is 63.9 cm³/mol. The Bertz CT molecular complexity index is 374. The Morgan fingerprint density at radius 3 is 3.12 bits per heavy atom. The van der Waals surface area contributed by atoms with E-state index in [1.807, 2.05) is 0 Å². The number of nitrogens with zero attached hydrogens (tertiary/aromatic N) is 1. The molecule has 0 spiro atoms. The van der Waals surface area contributed by atoms with Crippen molar-refractivity contribution in [3.8, 4) is 0 Å². The van der Waals surface area contributed by atoms with E-state index in [9.17, 15) is 4.79 Å². The maximum absolute atomic E-state index is 11.2. The summed E-state index contributed by atoms with van der Waals surface area (Å²) in [6.07, 6.45) is 5.46. The van der Waals surface area contributed by atoms with Crippen molar-refractivity contribution in [2.75, 3.05) is 12.4 Å². The third-order valence-corrected chi connectivity index (χ3v) is 3.55. The molecule has 16 heavy (non-hydrogen) atoms. The van der Waals surface area contributed by atoms with Gasteiger partial charge in [-0.25, -0.2) is 9.78 Å². The number of carbonyl (C=O) groups is 1. The van der Waals surface area contributed by atoms with E-state index in [0.29, 0.717) is 10.9 Å². The van der Waals surface area contributed by atoms with Crippen LogP contribution in [0.25, 0.3) is 0 Å². The van der Waals surface area contributed by atoms with Crippen LogP contribution in [0.15, 0.2) is 6.20 Å². The van der Waals surface area contributed by atoms with Gasteiger partial charge in [0, 0.05) is 6.04 Å². The summed E-state index contributed by atoms with van der Waals surface area (Å²) in [5.74, 6) is 0.572. The summed E-state index contributed by atoms with van der Waals surface area (Å²) in [6.45, 7) is 2.15. The topological polar surface area (TPSA) is 51.2 Å². The molecule has 0 aliphatic heterocycles. The Morgan fingerprint density at radius 2 is 2.50 bits per heavy atom. The second kappa shape index (κ2) is 4.82. The third-order valence-electron chi connectivity index (χ3n) is 2.65. The number of nitrogens with one attached hydrogen (secondary N) is 1. The summed E-state index contributed by atoms with van der Waals surface area (Å²) in [6, 6.07) is 0.421. The zero-order valence-corrected chi connectivity index (χ0v) is 10.3. The number of anilines is 1. The lowest BCUT2D eigenvalue weighted by molar-refractivity contribution is 0.0606. The van der Waals surface area contributed by atoms with Crippen molar-refractivity contribution in [1.29, 1.82) is 0 Å². The van der Waals surface area contributed by atoms with Crippen LogP contribution in [0.2, 0.25) is 0 Å². The van der Waals surface area contributed by atoms with E-state index in [0.717, 1.165) is 11.0 Å². The van der Waals surface area contributed by atoms with Gasteiger partial charge in [-0.15, -0.1) is 0 Å². The maximum Gasteiger partial charge on any atom is 0.349 e. The summed E-state index contributed by atoms with van der Waals surface area (Å²) in [5, 5.41) is 4.11. The lowest BCUT2D eigenvalue weighted by Crippen LogP contribution is -2.15. The van der Waals surface area contributed by atoms with Gasteiger partial charge in [0.15, 0.2) is 5.13 Å². The predicted octanol–water partition coefficient (Wildman–Crippen LogP) is 2.53. The first-order chi connectivity index (χ1) is 7.69. The second-order valence-electron chi connectivity index (χ2n) is 4.25. The number of carbonyl (C=O) groups excluding carboxylic acids is 1. The van der Waals surface area contributed by atoms with Gasteiger partial charge in [0.1, 0.15) is 4.88 Å². The molecule has 1 aliphatic rings. The molecular formula is C11H16N2O2S. The smallest absolute Gasteiger partial charge is 0.349 e. The van der Waals surface area contributed by atoms with Crippen molar-refractivity contribution in [2.45, 2.75) is 32.2 Å². The number of esters is 1. The highest BCUT2D eigenvalue weighted by atomic mass is 32.1. The van der Waals surface area contributed by atoms with E-state index in [1.54, 1.807) is 6.20 Å². The highest BCUT2D eigenvalue weighted by Gasteiger charge is 2.23. The van der Waals surface area contributed by atoms with E-state index in [1.165, 1.54) is 37.7 Å². The number of rotatable bonds is 5. The summed E-state index contributed by atoms with van der Waals surface area (Å²) in [7, 11) is 1.38. The molecule has 1 heterocycles. The molecule has 4 nitrogen and oxygen atoms in total. The quantitative estimate of drug-likeness (QED) is 0.803. The van der Waals surface area contributed by atoms with Crippen LogP contribution in [-0.4, -0.2) is 24.1 Å². The summed E-state index contributed by atoms with van der Waals surface area (Å²) < 4.78 is 4.63. The average molecular weight is 240 g/mol. The van der Waals surface area contributed by atoms with Gasteiger partial charge in [-0.1, -0.05) is 24.2 Å². The fourth-order valence-electron chi connectivity index (χ4n) is 1.66. The fourth-order valence-corrected chi connectivity index (χ4v) is 2.50. The Kier molecular flexibility index (Phi) is 3.43. The molecule has 1 aromatic heterocycles. The molecule has 1 atom stereocenters. The Labute approximate surface area is 99.0 Å². The zero-order chi connectivity index (χ0) is 11.5. The van der Waals surface area contributed by atoms with Gasteiger partial charge in [-0.2, -0.15) is 0 Å². The van der Waals surface area contributed by atoms with Crippen molar-refractivity contribution in [3.05, 3.63) is 11.1 Å². The molecule has 1 unspecified atom stereocenters. The van der Waals surface area contributed by atoms with Crippen LogP contribution in [0, 0.1) is 5.92 Å². The minimum atomic E-state index is -0.319. The van der Waals surface area contributed by atoms with Crippen LogP contribution in [-0.2, 0) is 4.74 Å². The van der Waals surface area contributed by atoms with E-state index in [2.05, 4.69) is 22.0 Å². The first-order valence-corrected chi connectivity index (χ1v) is 6.31. The van der Waals surface area contributed by atoms with Crippen LogP contribution in [0.3, 0.4) is 0 Å². The number of methoxy groups -OCH3 is 1. The SMILES string of the molecule is COC(=O)c1cnc(NC(C)CC2CC2)s1. The first kappa shape index (κ1) is 11.4. The normalized spacial score (nSPS) is 16.9. The first-order valence-electron chi connectivity index (χ1n) is 5.49. The van der Waals surface area contributed by atoms with Crippen LogP contribution >= 0.6 is 11.3 Å². The Morgan fingerprint density at radius 1 is 1.75 bits per heavy atom. The molecule has 88 valence electrons. The molecule has 1 N–H and O–H groups in total. The molecule has 1 fully saturated rings. The molecular weight excluding hydrogens is 224 g/mol. The van der Waals surface area contributed by atoms with Gasteiger partial charge in [0.2, 0.25) is 0 Å². The molecule has 0 amide bonds. The molecule has 0 radical (unpaired) electrons. The molecule has 5 heteroatoms. The molecule has 0 aromatic carbocycles. The van der Waals surface area contributed by atoms with E-state index in [-0.39, 0.29) is 5.97 Å². The van der Waals surface area contributed by atoms with Crippen molar-refractivity contribution in [2.24, 2.45) is 5.92 Å². The van der Waals surface area contributed by atoms with E-state index >= 15 is 0 Å². The molecule has 0 bridgehead atoms. The van der Waals surface area contributed by atoms with Crippen LogP contribution in [0.5, 0.6) is 0 Å². The minimum absolute atomic E-state index is 0.319. The maximum atomic E-state index is 11.2. The van der Waals surface area contributed by atoms with Crippen molar-refractivity contribution >= 4 is 22.4 Å². The zero-order valence-electron chi connectivity index (χ0n) is 9.53. The van der Waals surface area contributed by atoms with Gasteiger partial charge in [0.05, 0.1) is 13.3 Å². The summed E-state index contributed by atoms with van der Waals surface area (Å²) in [5.41, 5.74) is 0. The van der Waals surface area contributed by atoms with Gasteiger partial charge in [-0.3, -0.25) is 0 Å². The Balaban J connectivity index is 1.88. The lowest BCUT2D eigenvalue weighted by atomic mass is 10.2. The number of thiazole rings is 1. The highest BCUT2D eigenvalue weighted by molar-refractivity contribution is 7.17. The van der Waals surface area contributed by atoms with E-state index < -0.39 is 0 Å². The fraction of sp³-hybridized carbons (Fsp3) is 0.636. The monoisotopic (exact) mass is 240 g/mol. The number of aromatic nitrogens is 1. The molecule has 1 saturated carbocycles. The molecule has 1 aliphatic carbocycles. The van der Waals surface area contributed by atoms with Gasteiger partial charge in [0.25, 0.3) is 0 Å². The number of hydrogen-bond acceptors (Lipinski definition) is 5. The van der Waals surface area contributed by atoms with Gasteiger partial charge >= 0.3 is 5.97 Å². The van der Waals surface area contributed by atoms with Gasteiger partial charge < -0.3 is 10.1 Å². The van der Waals surface area contributed by atoms with Crippen LogP contribution < -0.4 is 5.32 Å². The van der Waals surface area contributed by atoms with E-state index in [4.69, 9.17) is 0 Å². The van der Waals surface area contributed by atoms with Crippen molar-refractivity contribution in [3.63, 3.8) is 0 Å². The molecule has 2 rings (SSSR count). The summed E-state index contributed by atoms with van der Waals surface area (Å²) >= 11 is 1.34. The Hall–Kier alpha value is -1.10. The average Bonchev–Trinajstić information content (AvgIpc) is 2.94. The second-order valence-corrected chi connectivity index (χ2v) is 5.28. The largest absolute Gasteiger partial charge is 0.465 e. The molecule has 1 aromatic rings. The minimum Gasteiger partial charge on any atom is -0.465 e. The van der Waals surface area contributed by atoms with Crippen LogP contribution in [0.4, 0.5) is 5.13 Å². The lowest BCUT2D eigenvalue weighted by Gasteiger charge is -2.11. The van der Waals surface area contributed by atoms with Crippen LogP contribution in [0.1, 0.15) is 35.9 Å². The standard InChI is InChI=1S/C11H16N2O2S/c1-7(5-8-3-4-8)13-11-12-6-9(16-11)10(14)15-2/h6-8H,3-5H2,1-2H3,(H,12,13). The number of hydrogen-bond donors (Lipinski definition) is 1. The summed E-state index contributed by atoms with van der Waals surface area (Å²) in [4.78, 5) is 15.9. The highest BCUT2D eigenvalue weighted by Crippen LogP contribution is 2.34.